The van der Waals surface area contributed by atoms with E-state index in [9.17, 15) is 9.59 Å². The second kappa shape index (κ2) is 8.52. The van der Waals surface area contributed by atoms with Crippen molar-refractivity contribution < 1.29 is 14.3 Å². The van der Waals surface area contributed by atoms with Gasteiger partial charge in [0.1, 0.15) is 0 Å². The number of ether oxygens (including phenoxy) is 1. The normalized spacial score (nSPS) is 21.9. The van der Waals surface area contributed by atoms with Gasteiger partial charge in [-0.3, -0.25) is 9.69 Å². The summed E-state index contributed by atoms with van der Waals surface area (Å²) in [6.45, 7) is 8.86. The van der Waals surface area contributed by atoms with Crippen LogP contribution < -0.4 is 0 Å². The van der Waals surface area contributed by atoms with Gasteiger partial charge in [0.25, 0.3) is 0 Å². The highest BCUT2D eigenvalue weighted by Gasteiger charge is 2.34. The van der Waals surface area contributed by atoms with Gasteiger partial charge >= 0.3 is 6.09 Å². The molecule has 2 heterocycles. The molecule has 1 unspecified atom stereocenters. The maximum atomic E-state index is 13.1. The number of rotatable bonds is 3. The van der Waals surface area contributed by atoms with Crippen LogP contribution in [0.1, 0.15) is 39.5 Å². The van der Waals surface area contributed by atoms with E-state index in [1.807, 2.05) is 4.90 Å². The van der Waals surface area contributed by atoms with E-state index in [1.165, 1.54) is 26.4 Å². The van der Waals surface area contributed by atoms with Crippen LogP contribution in [0.15, 0.2) is 0 Å². The molecule has 6 nitrogen and oxygen atoms in total. The molecular formula is C17H31N3O3. The van der Waals surface area contributed by atoms with Crippen molar-refractivity contribution in [1.82, 2.24) is 14.7 Å². The van der Waals surface area contributed by atoms with Crippen LogP contribution in [0.4, 0.5) is 4.79 Å². The van der Waals surface area contributed by atoms with Crippen molar-refractivity contribution in [3.05, 3.63) is 0 Å². The Morgan fingerprint density at radius 1 is 0.826 bits per heavy atom. The Morgan fingerprint density at radius 2 is 1.43 bits per heavy atom. The van der Waals surface area contributed by atoms with Crippen LogP contribution in [0.25, 0.3) is 0 Å². The first-order valence-corrected chi connectivity index (χ1v) is 8.90. The van der Waals surface area contributed by atoms with Crippen molar-refractivity contribution >= 4 is 12.0 Å². The van der Waals surface area contributed by atoms with E-state index in [2.05, 4.69) is 18.7 Å². The number of carbonyl (C=O) groups excluding carboxylic acids is 2. The first-order chi connectivity index (χ1) is 11.0. The van der Waals surface area contributed by atoms with Crippen LogP contribution in [0.2, 0.25) is 0 Å². The molecule has 2 rings (SSSR count). The van der Waals surface area contributed by atoms with Gasteiger partial charge in [-0.15, -0.1) is 0 Å². The standard InChI is InChI=1S/C17H31N3O3/c1-14(2)15(18-8-5-4-6-9-18)16(21)19-10-7-11-20(13-12-19)17(22)23-3/h14-15H,4-13H2,1-3H3. The minimum Gasteiger partial charge on any atom is -0.453 e. The number of amides is 2. The summed E-state index contributed by atoms with van der Waals surface area (Å²) in [7, 11) is 1.40. The molecule has 0 spiro atoms. The van der Waals surface area contributed by atoms with E-state index < -0.39 is 0 Å². The summed E-state index contributed by atoms with van der Waals surface area (Å²) in [6, 6.07) is -0.0278. The van der Waals surface area contributed by atoms with E-state index >= 15 is 0 Å². The zero-order valence-corrected chi connectivity index (χ0v) is 14.8. The SMILES string of the molecule is COC(=O)N1CCCN(C(=O)C(C(C)C)N2CCCCC2)CC1. The van der Waals surface area contributed by atoms with Gasteiger partial charge in [0, 0.05) is 26.2 Å². The van der Waals surface area contributed by atoms with Crippen LogP contribution >= 0.6 is 0 Å². The molecule has 2 saturated heterocycles. The first kappa shape index (κ1) is 18.0. The van der Waals surface area contributed by atoms with E-state index in [4.69, 9.17) is 4.74 Å². The van der Waals surface area contributed by atoms with Gasteiger partial charge in [0.2, 0.25) is 5.91 Å². The summed E-state index contributed by atoms with van der Waals surface area (Å²) in [6.07, 6.45) is 4.16. The van der Waals surface area contributed by atoms with Gasteiger partial charge in [0.05, 0.1) is 13.2 Å². The molecule has 0 aliphatic carbocycles. The molecule has 0 N–H and O–H groups in total. The Kier molecular flexibility index (Phi) is 6.69. The van der Waals surface area contributed by atoms with E-state index in [1.54, 1.807) is 4.90 Å². The molecular weight excluding hydrogens is 294 g/mol. The fourth-order valence-electron chi connectivity index (χ4n) is 3.70. The number of hydrogen-bond acceptors (Lipinski definition) is 4. The fraction of sp³-hybridized carbons (Fsp3) is 0.882. The summed E-state index contributed by atoms with van der Waals surface area (Å²) >= 11 is 0. The molecule has 0 aromatic heterocycles. The van der Waals surface area contributed by atoms with Gasteiger partial charge < -0.3 is 14.5 Å². The molecule has 0 bridgehead atoms. The van der Waals surface area contributed by atoms with E-state index in [-0.39, 0.29) is 18.0 Å². The predicted octanol–water partition coefficient (Wildman–Crippen LogP) is 1.80. The smallest absolute Gasteiger partial charge is 0.409 e. The van der Waals surface area contributed by atoms with Gasteiger partial charge in [0.15, 0.2) is 0 Å². The average molecular weight is 325 g/mol. The Balaban J connectivity index is 2.00. The van der Waals surface area contributed by atoms with Gasteiger partial charge in [-0.1, -0.05) is 20.3 Å². The van der Waals surface area contributed by atoms with Crippen LogP contribution in [0.3, 0.4) is 0 Å². The average Bonchev–Trinajstić information content (AvgIpc) is 2.81. The number of likely N-dealkylation sites (tertiary alicyclic amines) is 1. The molecule has 1 atom stereocenters. The number of methoxy groups -OCH3 is 1. The number of nitrogens with zero attached hydrogens (tertiary/aromatic N) is 3. The lowest BCUT2D eigenvalue weighted by molar-refractivity contribution is -0.139. The zero-order chi connectivity index (χ0) is 16.8. The van der Waals surface area contributed by atoms with Gasteiger partial charge in [-0.25, -0.2) is 4.79 Å². The predicted molar refractivity (Wildman–Crippen MR) is 89.2 cm³/mol. The number of carbonyl (C=O) groups is 2. The minimum absolute atomic E-state index is 0.0278. The van der Waals surface area contributed by atoms with Crippen molar-refractivity contribution in [3.63, 3.8) is 0 Å². The minimum atomic E-state index is -0.296. The van der Waals surface area contributed by atoms with Crippen LogP contribution in [0, 0.1) is 5.92 Å². The van der Waals surface area contributed by atoms with E-state index in [0.717, 1.165) is 26.1 Å². The molecule has 2 aliphatic rings. The lowest BCUT2D eigenvalue weighted by atomic mass is 9.98. The molecule has 0 radical (unpaired) electrons. The third kappa shape index (κ3) is 4.59. The number of hydrogen-bond donors (Lipinski definition) is 0. The van der Waals surface area contributed by atoms with Crippen molar-refractivity contribution in [3.8, 4) is 0 Å². The molecule has 6 heteroatoms. The molecule has 0 aromatic rings. The topological polar surface area (TPSA) is 53.1 Å². The Labute approximate surface area is 139 Å². The molecule has 0 aromatic carbocycles. The molecule has 2 amide bonds. The van der Waals surface area contributed by atoms with Gasteiger partial charge in [-0.05, 0) is 38.3 Å². The van der Waals surface area contributed by atoms with Gasteiger partial charge in [-0.2, -0.15) is 0 Å². The first-order valence-electron chi connectivity index (χ1n) is 8.90. The largest absolute Gasteiger partial charge is 0.453 e. The third-order valence-electron chi connectivity index (χ3n) is 4.91. The maximum Gasteiger partial charge on any atom is 0.409 e. The lowest BCUT2D eigenvalue weighted by Crippen LogP contribution is -2.53. The summed E-state index contributed by atoms with van der Waals surface area (Å²) in [5.74, 6) is 0.536. The molecule has 2 aliphatic heterocycles. The molecule has 2 fully saturated rings. The lowest BCUT2D eigenvalue weighted by Gasteiger charge is -2.38. The van der Waals surface area contributed by atoms with Crippen molar-refractivity contribution in [2.75, 3.05) is 46.4 Å². The van der Waals surface area contributed by atoms with Crippen LogP contribution in [-0.4, -0.2) is 79.1 Å². The second-order valence-electron chi connectivity index (χ2n) is 6.92. The maximum absolute atomic E-state index is 13.1. The summed E-state index contributed by atoms with van der Waals surface area (Å²) in [4.78, 5) is 30.8. The highest BCUT2D eigenvalue weighted by atomic mass is 16.5. The quantitative estimate of drug-likeness (QED) is 0.794. The summed E-state index contributed by atoms with van der Waals surface area (Å²) in [5.41, 5.74) is 0. The molecule has 0 saturated carbocycles. The highest BCUT2D eigenvalue weighted by Crippen LogP contribution is 2.20. The molecule has 132 valence electrons. The second-order valence-corrected chi connectivity index (χ2v) is 6.92. The Hall–Kier alpha value is -1.30. The van der Waals surface area contributed by atoms with Crippen molar-refractivity contribution in [2.24, 2.45) is 5.92 Å². The molecule has 23 heavy (non-hydrogen) atoms. The Bertz CT molecular complexity index is 408. The summed E-state index contributed by atoms with van der Waals surface area (Å²) in [5, 5.41) is 0. The van der Waals surface area contributed by atoms with Crippen LogP contribution in [0.5, 0.6) is 0 Å². The van der Waals surface area contributed by atoms with Crippen molar-refractivity contribution in [2.45, 2.75) is 45.6 Å². The fourth-order valence-corrected chi connectivity index (χ4v) is 3.70. The third-order valence-corrected chi connectivity index (χ3v) is 4.91. The monoisotopic (exact) mass is 325 g/mol. The summed E-state index contributed by atoms with van der Waals surface area (Å²) < 4.78 is 4.80. The van der Waals surface area contributed by atoms with Crippen LogP contribution in [-0.2, 0) is 9.53 Å². The zero-order valence-electron chi connectivity index (χ0n) is 14.8. The van der Waals surface area contributed by atoms with E-state index in [0.29, 0.717) is 25.6 Å². The van der Waals surface area contributed by atoms with Crippen molar-refractivity contribution in [1.29, 1.82) is 0 Å². The number of piperidine rings is 1. The highest BCUT2D eigenvalue weighted by molar-refractivity contribution is 5.82. The Morgan fingerprint density at radius 3 is 2.04 bits per heavy atom.